The van der Waals surface area contributed by atoms with Gasteiger partial charge in [-0.2, -0.15) is 0 Å². The molecule has 1 aromatic carbocycles. The fourth-order valence-corrected chi connectivity index (χ4v) is 2.34. The second-order valence-corrected chi connectivity index (χ2v) is 4.38. The Morgan fingerprint density at radius 1 is 1.47 bits per heavy atom. The largest absolute Gasteiger partial charge is 0.481 e. The molecule has 0 heterocycles. The Labute approximate surface area is 105 Å². The molecule has 1 aromatic rings. The first-order chi connectivity index (χ1) is 7.47. The van der Waals surface area contributed by atoms with Gasteiger partial charge in [-0.05, 0) is 5.56 Å². The van der Waals surface area contributed by atoms with E-state index in [2.05, 4.69) is 0 Å². The van der Waals surface area contributed by atoms with Crippen LogP contribution in [-0.4, -0.2) is 22.9 Å². The number of carboxylic acids is 1. The van der Waals surface area contributed by atoms with Gasteiger partial charge in [-0.25, -0.2) is 0 Å². The van der Waals surface area contributed by atoms with Crippen molar-refractivity contribution in [3.8, 4) is 0 Å². The number of ketones is 1. The zero-order chi connectivity index (χ0) is 11.9. The number of halogens is 1. The van der Waals surface area contributed by atoms with E-state index in [9.17, 15) is 9.59 Å². The lowest BCUT2D eigenvalue weighted by molar-refractivity contribution is -0.138. The number of carbonyl (C=O) groups excluding carboxylic acids is 1. The number of hydrogen-bond donors (Lipinski definition) is 2. The van der Waals surface area contributed by atoms with Gasteiger partial charge < -0.3 is 10.8 Å². The van der Waals surface area contributed by atoms with Crippen LogP contribution in [0.1, 0.15) is 29.3 Å². The van der Waals surface area contributed by atoms with Gasteiger partial charge in [0.05, 0.1) is 12.5 Å². The molecule has 0 fully saturated rings. The maximum atomic E-state index is 11.9. The topological polar surface area (TPSA) is 80.4 Å². The highest BCUT2D eigenvalue weighted by molar-refractivity contribution is 6.06. The molecule has 0 radical (unpaired) electrons. The average Bonchev–Trinajstić information content (AvgIpc) is 2.42. The third kappa shape index (κ3) is 1.94. The molecule has 0 aliphatic heterocycles. The molecule has 0 aromatic heterocycles. The highest BCUT2D eigenvalue weighted by Crippen LogP contribution is 2.40. The standard InChI is InChI=1S/C12H13NO3.ClH/c1-12(6-9(14)15)8-5-3-2-4-7(8)10(16)11(12)13;/h2-5,11H,6,13H2,1H3,(H,14,15);1H. The molecule has 2 unspecified atom stereocenters. The van der Waals surface area contributed by atoms with Crippen LogP contribution in [0, 0.1) is 0 Å². The molecule has 0 amide bonds. The Hall–Kier alpha value is -1.39. The summed E-state index contributed by atoms with van der Waals surface area (Å²) >= 11 is 0. The molecule has 17 heavy (non-hydrogen) atoms. The van der Waals surface area contributed by atoms with Crippen LogP contribution < -0.4 is 5.73 Å². The van der Waals surface area contributed by atoms with Crippen molar-refractivity contribution >= 4 is 24.2 Å². The number of benzene rings is 1. The summed E-state index contributed by atoms with van der Waals surface area (Å²) in [5, 5.41) is 8.90. The summed E-state index contributed by atoms with van der Waals surface area (Å²) in [6, 6.07) is 6.27. The van der Waals surface area contributed by atoms with Gasteiger partial charge in [-0.1, -0.05) is 31.2 Å². The van der Waals surface area contributed by atoms with E-state index in [1.807, 2.05) is 0 Å². The Morgan fingerprint density at radius 3 is 2.65 bits per heavy atom. The van der Waals surface area contributed by atoms with Crippen molar-refractivity contribution in [3.05, 3.63) is 35.4 Å². The summed E-state index contributed by atoms with van der Waals surface area (Å²) in [5.74, 6) is -1.11. The molecular formula is C12H14ClNO3. The van der Waals surface area contributed by atoms with Crippen LogP contribution in [0.4, 0.5) is 0 Å². The molecule has 0 bridgehead atoms. The highest BCUT2D eigenvalue weighted by atomic mass is 35.5. The van der Waals surface area contributed by atoms with E-state index in [1.165, 1.54) is 0 Å². The van der Waals surface area contributed by atoms with E-state index >= 15 is 0 Å². The molecule has 2 rings (SSSR count). The van der Waals surface area contributed by atoms with Gasteiger partial charge in [0.2, 0.25) is 0 Å². The monoisotopic (exact) mass is 255 g/mol. The normalized spacial score (nSPS) is 26.2. The van der Waals surface area contributed by atoms with Crippen LogP contribution >= 0.6 is 12.4 Å². The van der Waals surface area contributed by atoms with E-state index < -0.39 is 17.4 Å². The number of fused-ring (bicyclic) bond motifs is 1. The van der Waals surface area contributed by atoms with Crippen LogP contribution in [-0.2, 0) is 10.2 Å². The van der Waals surface area contributed by atoms with Crippen LogP contribution in [0.15, 0.2) is 24.3 Å². The lowest BCUT2D eigenvalue weighted by Gasteiger charge is -2.27. The van der Waals surface area contributed by atoms with E-state index in [4.69, 9.17) is 10.8 Å². The molecule has 1 aliphatic rings. The van der Waals surface area contributed by atoms with Crippen LogP contribution in [0.3, 0.4) is 0 Å². The maximum absolute atomic E-state index is 11.9. The van der Waals surface area contributed by atoms with Crippen molar-refractivity contribution in [2.75, 3.05) is 0 Å². The van der Waals surface area contributed by atoms with Gasteiger partial charge in [0, 0.05) is 11.0 Å². The predicted molar refractivity (Wildman–Crippen MR) is 65.6 cm³/mol. The van der Waals surface area contributed by atoms with Crippen molar-refractivity contribution in [1.82, 2.24) is 0 Å². The van der Waals surface area contributed by atoms with Gasteiger partial charge in [0.25, 0.3) is 0 Å². The highest BCUT2D eigenvalue weighted by Gasteiger charge is 2.47. The van der Waals surface area contributed by atoms with Gasteiger partial charge in [-0.15, -0.1) is 12.4 Å². The van der Waals surface area contributed by atoms with Crippen molar-refractivity contribution in [2.24, 2.45) is 5.73 Å². The molecule has 4 nitrogen and oxygen atoms in total. The summed E-state index contributed by atoms with van der Waals surface area (Å²) in [6.07, 6.45) is -0.128. The smallest absolute Gasteiger partial charge is 0.304 e. The number of rotatable bonds is 2. The molecule has 0 saturated heterocycles. The zero-order valence-corrected chi connectivity index (χ0v) is 10.2. The summed E-state index contributed by atoms with van der Waals surface area (Å²) < 4.78 is 0. The third-order valence-electron chi connectivity index (χ3n) is 3.30. The number of carboxylic acid groups (broad SMARTS) is 1. The minimum Gasteiger partial charge on any atom is -0.481 e. The zero-order valence-electron chi connectivity index (χ0n) is 9.34. The van der Waals surface area contributed by atoms with E-state index in [0.717, 1.165) is 5.56 Å². The molecule has 5 heteroatoms. The van der Waals surface area contributed by atoms with Crippen molar-refractivity contribution < 1.29 is 14.7 Å². The molecule has 2 atom stereocenters. The minimum absolute atomic E-state index is 0. The summed E-state index contributed by atoms with van der Waals surface area (Å²) in [7, 11) is 0. The summed E-state index contributed by atoms with van der Waals surface area (Å²) in [5.41, 5.74) is 6.35. The third-order valence-corrected chi connectivity index (χ3v) is 3.30. The molecular weight excluding hydrogens is 242 g/mol. The van der Waals surface area contributed by atoms with Crippen LogP contribution in [0.25, 0.3) is 0 Å². The van der Waals surface area contributed by atoms with Crippen molar-refractivity contribution in [3.63, 3.8) is 0 Å². The number of aliphatic carboxylic acids is 1. The fraction of sp³-hybridized carbons (Fsp3) is 0.333. The molecule has 0 spiro atoms. The van der Waals surface area contributed by atoms with E-state index in [-0.39, 0.29) is 24.6 Å². The van der Waals surface area contributed by atoms with E-state index in [1.54, 1.807) is 31.2 Å². The molecule has 3 N–H and O–H groups in total. The van der Waals surface area contributed by atoms with Gasteiger partial charge in [0.15, 0.2) is 5.78 Å². The number of carbonyl (C=O) groups is 2. The van der Waals surface area contributed by atoms with Gasteiger partial charge >= 0.3 is 5.97 Å². The first-order valence-corrected chi connectivity index (χ1v) is 5.08. The quantitative estimate of drug-likeness (QED) is 0.836. The maximum Gasteiger partial charge on any atom is 0.304 e. The molecule has 1 aliphatic carbocycles. The Balaban J connectivity index is 0.00000144. The number of hydrogen-bond acceptors (Lipinski definition) is 3. The summed E-state index contributed by atoms with van der Waals surface area (Å²) in [4.78, 5) is 22.7. The van der Waals surface area contributed by atoms with Crippen LogP contribution in [0.2, 0.25) is 0 Å². The molecule has 92 valence electrons. The second kappa shape index (κ2) is 4.47. The first kappa shape index (κ1) is 13.7. The average molecular weight is 256 g/mol. The first-order valence-electron chi connectivity index (χ1n) is 5.08. The number of Topliss-reactive ketones (excluding diaryl/α,β-unsaturated/α-hetero) is 1. The van der Waals surface area contributed by atoms with Gasteiger partial charge in [-0.3, -0.25) is 9.59 Å². The van der Waals surface area contributed by atoms with Crippen molar-refractivity contribution in [2.45, 2.75) is 24.8 Å². The van der Waals surface area contributed by atoms with Gasteiger partial charge in [0.1, 0.15) is 0 Å². The fourth-order valence-electron chi connectivity index (χ4n) is 2.34. The number of nitrogens with two attached hydrogens (primary N) is 1. The Kier molecular flexibility index (Phi) is 3.59. The molecule has 0 saturated carbocycles. The summed E-state index contributed by atoms with van der Waals surface area (Å²) in [6.45, 7) is 1.73. The SMILES string of the molecule is CC1(CC(=O)O)c2ccccc2C(=O)C1N.Cl. The predicted octanol–water partition coefficient (Wildman–Crippen LogP) is 1.36. The van der Waals surface area contributed by atoms with Crippen molar-refractivity contribution in [1.29, 1.82) is 0 Å². The Bertz CT molecular complexity index is 475. The van der Waals surface area contributed by atoms with Crippen LogP contribution in [0.5, 0.6) is 0 Å². The Morgan fingerprint density at radius 2 is 2.06 bits per heavy atom. The van der Waals surface area contributed by atoms with E-state index in [0.29, 0.717) is 5.56 Å². The lowest BCUT2D eigenvalue weighted by Crippen LogP contribution is -2.44. The lowest BCUT2D eigenvalue weighted by atomic mass is 9.78. The second-order valence-electron chi connectivity index (χ2n) is 4.38. The minimum atomic E-state index is -0.942.